The predicted molar refractivity (Wildman–Crippen MR) is 62.0 cm³/mol. The van der Waals surface area contributed by atoms with E-state index in [1.807, 2.05) is 0 Å². The molecule has 5 nitrogen and oxygen atoms in total. The van der Waals surface area contributed by atoms with Crippen LogP contribution in [0.1, 0.15) is 17.8 Å². The highest BCUT2D eigenvalue weighted by atomic mass is 19.1. The van der Waals surface area contributed by atoms with Crippen LogP contribution in [-0.2, 0) is 11.2 Å². The summed E-state index contributed by atoms with van der Waals surface area (Å²) in [5.41, 5.74) is 1.91. The van der Waals surface area contributed by atoms with E-state index in [4.69, 9.17) is 5.11 Å². The summed E-state index contributed by atoms with van der Waals surface area (Å²) in [6.45, 7) is 1.78. The van der Waals surface area contributed by atoms with Crippen molar-refractivity contribution in [2.45, 2.75) is 19.8 Å². The molecule has 0 saturated carbocycles. The zero-order valence-corrected chi connectivity index (χ0v) is 9.80. The topological polar surface area (TPSA) is 68.0 Å². The van der Waals surface area contributed by atoms with Gasteiger partial charge in [0.1, 0.15) is 5.82 Å². The van der Waals surface area contributed by atoms with Crippen molar-refractivity contribution in [3.8, 4) is 5.69 Å². The van der Waals surface area contributed by atoms with Gasteiger partial charge in [-0.2, -0.15) is 0 Å². The molecule has 1 N–H and O–H groups in total. The Kier molecular flexibility index (Phi) is 3.36. The van der Waals surface area contributed by atoms with E-state index >= 15 is 0 Å². The number of hydrogen-bond acceptors (Lipinski definition) is 3. The van der Waals surface area contributed by atoms with E-state index in [2.05, 4.69) is 10.3 Å². The lowest BCUT2D eigenvalue weighted by Gasteiger charge is -2.03. The average molecular weight is 249 g/mol. The fourth-order valence-electron chi connectivity index (χ4n) is 1.67. The summed E-state index contributed by atoms with van der Waals surface area (Å²) in [5.74, 6) is -1.23. The maximum Gasteiger partial charge on any atom is 0.303 e. The first-order chi connectivity index (χ1) is 8.58. The summed E-state index contributed by atoms with van der Waals surface area (Å²) < 4.78 is 14.6. The van der Waals surface area contributed by atoms with Crippen LogP contribution in [0.3, 0.4) is 0 Å². The molecule has 0 aliphatic heterocycles. The van der Waals surface area contributed by atoms with Gasteiger partial charge in [-0.3, -0.25) is 4.79 Å². The number of aromatic nitrogens is 3. The molecule has 1 aromatic carbocycles. The lowest BCUT2D eigenvalue weighted by Crippen LogP contribution is -2.01. The van der Waals surface area contributed by atoms with Crippen LogP contribution in [0.25, 0.3) is 5.69 Å². The third kappa shape index (κ3) is 2.53. The summed E-state index contributed by atoms with van der Waals surface area (Å²) in [5, 5.41) is 16.5. The SMILES string of the molecule is Cc1c(CCC(=O)O)nnn1-c1cccc(F)c1. The van der Waals surface area contributed by atoms with E-state index in [9.17, 15) is 9.18 Å². The molecule has 0 radical (unpaired) electrons. The van der Waals surface area contributed by atoms with E-state index < -0.39 is 5.97 Å². The number of rotatable bonds is 4. The minimum atomic E-state index is -0.880. The van der Waals surface area contributed by atoms with Crippen LogP contribution in [0.4, 0.5) is 4.39 Å². The first kappa shape index (κ1) is 12.2. The molecule has 2 aromatic rings. The van der Waals surface area contributed by atoms with E-state index in [1.54, 1.807) is 19.1 Å². The van der Waals surface area contributed by atoms with Gasteiger partial charge in [0.2, 0.25) is 0 Å². The number of halogens is 1. The quantitative estimate of drug-likeness (QED) is 0.896. The molecule has 2 rings (SSSR count). The largest absolute Gasteiger partial charge is 0.481 e. The molecule has 0 atom stereocenters. The second kappa shape index (κ2) is 4.95. The monoisotopic (exact) mass is 249 g/mol. The molecule has 0 bridgehead atoms. The highest BCUT2D eigenvalue weighted by Crippen LogP contribution is 2.14. The molecule has 0 aliphatic carbocycles. The fraction of sp³-hybridized carbons (Fsp3) is 0.250. The molecule has 6 heteroatoms. The summed E-state index contributed by atoms with van der Waals surface area (Å²) in [4.78, 5) is 10.5. The van der Waals surface area contributed by atoms with Crippen molar-refractivity contribution in [2.24, 2.45) is 0 Å². The molecule has 0 aliphatic rings. The maximum atomic E-state index is 13.1. The molecule has 0 unspecified atom stereocenters. The number of aliphatic carboxylic acids is 1. The van der Waals surface area contributed by atoms with Crippen molar-refractivity contribution in [3.05, 3.63) is 41.5 Å². The number of benzene rings is 1. The van der Waals surface area contributed by atoms with Crippen LogP contribution in [0.2, 0.25) is 0 Å². The first-order valence-corrected chi connectivity index (χ1v) is 5.47. The Morgan fingerprint density at radius 1 is 1.50 bits per heavy atom. The summed E-state index contributed by atoms with van der Waals surface area (Å²) in [6, 6.07) is 6.00. The zero-order valence-electron chi connectivity index (χ0n) is 9.80. The molecular formula is C12H12FN3O2. The Hall–Kier alpha value is -2.24. The van der Waals surface area contributed by atoms with Gasteiger partial charge in [0.15, 0.2) is 0 Å². The second-order valence-corrected chi connectivity index (χ2v) is 3.91. The molecule has 0 spiro atoms. The minimum Gasteiger partial charge on any atom is -0.481 e. The number of carbonyl (C=O) groups is 1. The maximum absolute atomic E-state index is 13.1. The van der Waals surface area contributed by atoms with Crippen LogP contribution in [0.15, 0.2) is 24.3 Å². The summed E-state index contributed by atoms with van der Waals surface area (Å²) in [7, 11) is 0. The van der Waals surface area contributed by atoms with Crippen LogP contribution in [-0.4, -0.2) is 26.1 Å². The summed E-state index contributed by atoms with van der Waals surface area (Å²) >= 11 is 0. The number of carboxylic acid groups (broad SMARTS) is 1. The Bertz CT molecular complexity index is 580. The van der Waals surface area contributed by atoms with E-state index in [-0.39, 0.29) is 12.2 Å². The lowest BCUT2D eigenvalue weighted by molar-refractivity contribution is -0.136. The molecule has 0 saturated heterocycles. The number of nitrogens with zero attached hydrogens (tertiary/aromatic N) is 3. The third-order valence-electron chi connectivity index (χ3n) is 2.62. The Labute approximate surface area is 103 Å². The van der Waals surface area contributed by atoms with E-state index in [1.165, 1.54) is 16.8 Å². The van der Waals surface area contributed by atoms with E-state index in [0.717, 1.165) is 5.69 Å². The van der Waals surface area contributed by atoms with Gasteiger partial charge >= 0.3 is 5.97 Å². The van der Waals surface area contributed by atoms with E-state index in [0.29, 0.717) is 17.8 Å². The van der Waals surface area contributed by atoms with Crippen molar-refractivity contribution < 1.29 is 14.3 Å². The van der Waals surface area contributed by atoms with Gasteiger partial charge in [0.05, 0.1) is 23.5 Å². The van der Waals surface area contributed by atoms with Gasteiger partial charge in [-0.25, -0.2) is 9.07 Å². The highest BCUT2D eigenvalue weighted by molar-refractivity contribution is 5.67. The average Bonchev–Trinajstić information content (AvgIpc) is 2.68. The van der Waals surface area contributed by atoms with Crippen molar-refractivity contribution in [1.29, 1.82) is 0 Å². The summed E-state index contributed by atoms with van der Waals surface area (Å²) in [6.07, 6.45) is 0.319. The van der Waals surface area contributed by atoms with Crippen LogP contribution < -0.4 is 0 Å². The van der Waals surface area contributed by atoms with Crippen molar-refractivity contribution in [3.63, 3.8) is 0 Å². The fourth-order valence-corrected chi connectivity index (χ4v) is 1.67. The number of carboxylic acids is 1. The van der Waals surface area contributed by atoms with Crippen LogP contribution in [0, 0.1) is 12.7 Å². The highest BCUT2D eigenvalue weighted by Gasteiger charge is 2.11. The third-order valence-corrected chi connectivity index (χ3v) is 2.62. The van der Waals surface area contributed by atoms with Gasteiger partial charge < -0.3 is 5.11 Å². The van der Waals surface area contributed by atoms with Crippen LogP contribution >= 0.6 is 0 Å². The van der Waals surface area contributed by atoms with Crippen molar-refractivity contribution >= 4 is 5.97 Å². The normalized spacial score (nSPS) is 10.6. The Balaban J connectivity index is 2.28. The second-order valence-electron chi connectivity index (χ2n) is 3.91. The Morgan fingerprint density at radius 3 is 2.94 bits per heavy atom. The number of hydrogen-bond donors (Lipinski definition) is 1. The molecule has 18 heavy (non-hydrogen) atoms. The first-order valence-electron chi connectivity index (χ1n) is 5.47. The molecular weight excluding hydrogens is 237 g/mol. The van der Waals surface area contributed by atoms with Crippen molar-refractivity contribution in [1.82, 2.24) is 15.0 Å². The molecule has 1 aromatic heterocycles. The van der Waals surface area contributed by atoms with Crippen molar-refractivity contribution in [2.75, 3.05) is 0 Å². The van der Waals surface area contributed by atoms with Gasteiger partial charge in [-0.05, 0) is 25.1 Å². The predicted octanol–water partition coefficient (Wildman–Crippen LogP) is 1.73. The van der Waals surface area contributed by atoms with Crippen LogP contribution in [0.5, 0.6) is 0 Å². The Morgan fingerprint density at radius 2 is 2.28 bits per heavy atom. The minimum absolute atomic E-state index is 0.00266. The zero-order chi connectivity index (χ0) is 13.1. The molecule has 1 heterocycles. The lowest BCUT2D eigenvalue weighted by atomic mass is 10.2. The smallest absolute Gasteiger partial charge is 0.303 e. The molecule has 94 valence electrons. The standard InChI is InChI=1S/C12H12FN3O2/c1-8-11(5-6-12(17)18)14-15-16(8)10-4-2-3-9(13)7-10/h2-4,7H,5-6H2,1H3,(H,17,18). The van der Waals surface area contributed by atoms with Gasteiger partial charge in [-0.1, -0.05) is 11.3 Å². The van der Waals surface area contributed by atoms with Gasteiger partial charge in [0, 0.05) is 6.42 Å². The van der Waals surface area contributed by atoms with Gasteiger partial charge in [-0.15, -0.1) is 5.10 Å². The van der Waals surface area contributed by atoms with Gasteiger partial charge in [0.25, 0.3) is 0 Å². The molecule has 0 amide bonds. The molecule has 0 fully saturated rings. The number of aryl methyl sites for hydroxylation is 1.